The molecule has 0 aliphatic rings. The normalized spacial score (nSPS) is 10.2. The molecule has 2 N–H and O–H groups in total. The number of rotatable bonds is 4. The fourth-order valence-electron chi connectivity index (χ4n) is 1.20. The van der Waals surface area contributed by atoms with E-state index < -0.39 is 0 Å². The Balaban J connectivity index is 2.41. The molecule has 0 unspecified atom stereocenters. The van der Waals surface area contributed by atoms with Crippen molar-refractivity contribution < 1.29 is 4.79 Å². The first-order valence-corrected chi connectivity index (χ1v) is 4.68. The zero-order chi connectivity index (χ0) is 10.6. The minimum Gasteiger partial charge on any atom is -0.353 e. The van der Waals surface area contributed by atoms with E-state index in [9.17, 15) is 4.79 Å². The van der Waals surface area contributed by atoms with Crippen LogP contribution < -0.4 is 5.73 Å². The average molecular weight is 195 g/mol. The molecule has 0 fully saturated rings. The van der Waals surface area contributed by atoms with Gasteiger partial charge in [0.2, 0.25) is 5.91 Å². The first-order valence-electron chi connectivity index (χ1n) is 4.68. The van der Waals surface area contributed by atoms with E-state index in [2.05, 4.69) is 0 Å². The van der Waals surface area contributed by atoms with Gasteiger partial charge in [-0.15, -0.1) is 0 Å². The van der Waals surface area contributed by atoms with Gasteiger partial charge in [-0.3, -0.25) is 4.79 Å². The molecule has 0 saturated carbocycles. The molecule has 0 aromatic carbocycles. The molecule has 0 spiro atoms. The number of aryl methyl sites for hydroxylation is 1. The number of carbonyl (C=O) groups is 1. The predicted molar refractivity (Wildman–Crippen MR) is 55.6 cm³/mol. The molecule has 1 aromatic heterocycles. The molecule has 78 valence electrons. The van der Waals surface area contributed by atoms with E-state index >= 15 is 0 Å². The number of carbonyl (C=O) groups excluding carboxylic acids is 1. The molecule has 0 bridgehead atoms. The van der Waals surface area contributed by atoms with E-state index in [1.165, 1.54) is 0 Å². The summed E-state index contributed by atoms with van der Waals surface area (Å²) >= 11 is 0. The summed E-state index contributed by atoms with van der Waals surface area (Å²) in [6.45, 7) is 1.27. The third-order valence-electron chi connectivity index (χ3n) is 2.13. The van der Waals surface area contributed by atoms with Crippen LogP contribution in [0.25, 0.3) is 0 Å². The topological polar surface area (TPSA) is 51.3 Å². The van der Waals surface area contributed by atoms with Crippen molar-refractivity contribution in [3.05, 3.63) is 24.0 Å². The third kappa shape index (κ3) is 2.88. The highest BCUT2D eigenvalue weighted by molar-refractivity contribution is 5.75. The smallest absolute Gasteiger partial charge is 0.223 e. The molecule has 0 radical (unpaired) electrons. The first-order chi connectivity index (χ1) is 6.63. The molecule has 0 saturated heterocycles. The summed E-state index contributed by atoms with van der Waals surface area (Å²) in [6.07, 6.45) is 4.46. The second-order valence-electron chi connectivity index (χ2n) is 3.50. The van der Waals surface area contributed by atoms with Crippen molar-refractivity contribution in [2.45, 2.75) is 19.5 Å². The summed E-state index contributed by atoms with van der Waals surface area (Å²) in [4.78, 5) is 12.9. The standard InChI is InChI=1S/C10H17N3O/c1-12(2)10(14)4-6-13-5-3-9(7-11)8-13/h3,5,8H,4,6-7,11H2,1-2H3. The van der Waals surface area contributed by atoms with Gasteiger partial charge in [-0.25, -0.2) is 0 Å². The Morgan fingerprint density at radius 1 is 1.57 bits per heavy atom. The van der Waals surface area contributed by atoms with Crippen molar-refractivity contribution in [2.24, 2.45) is 5.73 Å². The molecule has 4 heteroatoms. The zero-order valence-electron chi connectivity index (χ0n) is 8.73. The quantitative estimate of drug-likeness (QED) is 0.757. The van der Waals surface area contributed by atoms with Crippen LogP contribution >= 0.6 is 0 Å². The summed E-state index contributed by atoms with van der Waals surface area (Å²) in [5.74, 6) is 0.146. The van der Waals surface area contributed by atoms with Crippen molar-refractivity contribution in [1.29, 1.82) is 0 Å². The lowest BCUT2D eigenvalue weighted by Crippen LogP contribution is -2.22. The van der Waals surface area contributed by atoms with Crippen LogP contribution in [0.1, 0.15) is 12.0 Å². The van der Waals surface area contributed by atoms with Gasteiger partial charge in [0.15, 0.2) is 0 Å². The molecule has 0 aliphatic carbocycles. The Kier molecular flexibility index (Phi) is 3.71. The molecular formula is C10H17N3O. The third-order valence-corrected chi connectivity index (χ3v) is 2.13. The maximum Gasteiger partial charge on any atom is 0.223 e. The molecule has 0 aliphatic heterocycles. The predicted octanol–water partition coefficient (Wildman–Crippen LogP) is 0.425. The van der Waals surface area contributed by atoms with Crippen molar-refractivity contribution in [1.82, 2.24) is 9.47 Å². The van der Waals surface area contributed by atoms with Crippen LogP contribution in [0, 0.1) is 0 Å². The fraction of sp³-hybridized carbons (Fsp3) is 0.500. The number of amides is 1. The van der Waals surface area contributed by atoms with E-state index in [4.69, 9.17) is 5.73 Å². The van der Waals surface area contributed by atoms with Gasteiger partial charge in [0.25, 0.3) is 0 Å². The van der Waals surface area contributed by atoms with Crippen molar-refractivity contribution in [3.8, 4) is 0 Å². The minimum absolute atomic E-state index is 0.146. The van der Waals surface area contributed by atoms with Crippen molar-refractivity contribution in [3.63, 3.8) is 0 Å². The van der Waals surface area contributed by atoms with Crippen LogP contribution in [0.4, 0.5) is 0 Å². The summed E-state index contributed by atoms with van der Waals surface area (Å²) in [6, 6.07) is 1.97. The minimum atomic E-state index is 0.146. The van der Waals surface area contributed by atoms with E-state index in [0.29, 0.717) is 13.0 Å². The molecule has 0 atom stereocenters. The first kappa shape index (κ1) is 10.8. The average Bonchev–Trinajstić information content (AvgIpc) is 2.61. The Morgan fingerprint density at radius 3 is 2.79 bits per heavy atom. The molecule has 1 amide bonds. The van der Waals surface area contributed by atoms with Gasteiger partial charge >= 0.3 is 0 Å². The van der Waals surface area contributed by atoms with E-state index in [-0.39, 0.29) is 5.91 Å². The summed E-state index contributed by atoms with van der Waals surface area (Å²) in [7, 11) is 3.53. The Hall–Kier alpha value is -1.29. The number of nitrogens with zero attached hydrogens (tertiary/aromatic N) is 2. The summed E-state index contributed by atoms with van der Waals surface area (Å²) < 4.78 is 1.99. The van der Waals surface area contributed by atoms with Crippen LogP contribution in [-0.4, -0.2) is 29.5 Å². The Labute approximate surface area is 84.3 Å². The van der Waals surface area contributed by atoms with Gasteiger partial charge in [0, 0.05) is 46.0 Å². The van der Waals surface area contributed by atoms with E-state index in [1.54, 1.807) is 19.0 Å². The van der Waals surface area contributed by atoms with E-state index in [0.717, 1.165) is 12.1 Å². The highest BCUT2D eigenvalue weighted by atomic mass is 16.2. The van der Waals surface area contributed by atoms with Crippen LogP contribution in [0.15, 0.2) is 18.5 Å². The van der Waals surface area contributed by atoms with Gasteiger partial charge in [-0.05, 0) is 11.6 Å². The van der Waals surface area contributed by atoms with Crippen molar-refractivity contribution >= 4 is 5.91 Å². The maximum atomic E-state index is 11.3. The number of hydrogen-bond donors (Lipinski definition) is 1. The second-order valence-corrected chi connectivity index (χ2v) is 3.50. The lowest BCUT2D eigenvalue weighted by molar-refractivity contribution is -0.128. The second kappa shape index (κ2) is 4.81. The number of aromatic nitrogens is 1. The molecule has 4 nitrogen and oxygen atoms in total. The molecule has 14 heavy (non-hydrogen) atoms. The van der Waals surface area contributed by atoms with Gasteiger partial charge < -0.3 is 15.2 Å². The SMILES string of the molecule is CN(C)C(=O)CCn1ccc(CN)c1. The fourth-order valence-corrected chi connectivity index (χ4v) is 1.20. The molecule has 1 aromatic rings. The van der Waals surface area contributed by atoms with Gasteiger partial charge in [-0.1, -0.05) is 0 Å². The van der Waals surface area contributed by atoms with Crippen LogP contribution in [0.3, 0.4) is 0 Å². The highest BCUT2D eigenvalue weighted by Gasteiger charge is 2.03. The Bertz CT molecular complexity index is 304. The van der Waals surface area contributed by atoms with Crippen LogP contribution in [0.5, 0.6) is 0 Å². The van der Waals surface area contributed by atoms with Gasteiger partial charge in [0.1, 0.15) is 0 Å². The lowest BCUT2D eigenvalue weighted by atomic mass is 10.3. The number of nitrogens with two attached hydrogens (primary N) is 1. The van der Waals surface area contributed by atoms with Gasteiger partial charge in [0.05, 0.1) is 0 Å². The molecule has 1 heterocycles. The van der Waals surface area contributed by atoms with E-state index in [1.807, 2.05) is 23.0 Å². The van der Waals surface area contributed by atoms with Crippen LogP contribution in [-0.2, 0) is 17.9 Å². The Morgan fingerprint density at radius 2 is 2.29 bits per heavy atom. The van der Waals surface area contributed by atoms with Gasteiger partial charge in [-0.2, -0.15) is 0 Å². The van der Waals surface area contributed by atoms with Crippen LogP contribution in [0.2, 0.25) is 0 Å². The molecular weight excluding hydrogens is 178 g/mol. The zero-order valence-corrected chi connectivity index (χ0v) is 8.73. The summed E-state index contributed by atoms with van der Waals surface area (Å²) in [5.41, 5.74) is 6.58. The van der Waals surface area contributed by atoms with Crippen molar-refractivity contribution in [2.75, 3.05) is 14.1 Å². The highest BCUT2D eigenvalue weighted by Crippen LogP contribution is 2.01. The molecule has 1 rings (SSSR count). The lowest BCUT2D eigenvalue weighted by Gasteiger charge is -2.10. The monoisotopic (exact) mass is 195 g/mol. The number of hydrogen-bond acceptors (Lipinski definition) is 2. The summed E-state index contributed by atoms with van der Waals surface area (Å²) in [5, 5.41) is 0. The maximum absolute atomic E-state index is 11.3. The largest absolute Gasteiger partial charge is 0.353 e.